The lowest BCUT2D eigenvalue weighted by Crippen LogP contribution is -2.18. The van der Waals surface area contributed by atoms with E-state index in [9.17, 15) is 19.5 Å². The number of para-hydroxylation sites is 2. The van der Waals surface area contributed by atoms with Gasteiger partial charge in [0.2, 0.25) is 5.43 Å². The fourth-order valence-electron chi connectivity index (χ4n) is 4.68. The van der Waals surface area contributed by atoms with Crippen molar-refractivity contribution >= 4 is 120 Å². The molecule has 7 aromatic rings. The van der Waals surface area contributed by atoms with Gasteiger partial charge in [-0.1, -0.05) is 24.3 Å². The molecule has 2 aromatic carbocycles. The molecule has 0 aliphatic carbocycles. The van der Waals surface area contributed by atoms with E-state index in [1.165, 1.54) is 45.3 Å². The number of aliphatic hydroxyl groups excluding tert-OH is 1. The summed E-state index contributed by atoms with van der Waals surface area (Å²) in [4.78, 5) is 43.4. The van der Waals surface area contributed by atoms with Gasteiger partial charge in [-0.25, -0.2) is 14.6 Å². The zero-order valence-corrected chi connectivity index (χ0v) is 28.6. The number of hydrogen-bond acceptors (Lipinski definition) is 11. The number of aromatic nitrogens is 2. The van der Waals surface area contributed by atoms with Gasteiger partial charge in [0.1, 0.15) is 31.6 Å². The summed E-state index contributed by atoms with van der Waals surface area (Å²) in [7, 11) is 0. The predicted octanol–water partition coefficient (Wildman–Crippen LogP) is 9.02. The molecule has 5 aromatic heterocycles. The molecule has 0 bridgehead atoms. The zero-order valence-electron chi connectivity index (χ0n) is 23.7. The van der Waals surface area contributed by atoms with Crippen molar-refractivity contribution in [2.24, 2.45) is 0 Å². The number of rotatable bonds is 6. The number of hydrogen-bond donors (Lipinski definition) is 1. The Hall–Kier alpha value is -3.88. The molecule has 0 aliphatic heterocycles. The minimum absolute atomic E-state index is 0.0900. The molecule has 0 saturated carbocycles. The summed E-state index contributed by atoms with van der Waals surface area (Å²) in [5, 5.41) is 15.4. The largest absolute Gasteiger partial charge is 0.506 e. The standard InChI is InChI=1S/C16H12BrNO3S2.C16H11NO3S2/c1-2-21-16(20)12(13(19)9-7-8-22-14(9)17)15-18-10-5-3-4-6-11(10)23-15;1-2-20-16(19)12-13(18)9-7-8-21-14(9)17-10-5-3-4-6-11(10)22-15(12)17/h3-8,19H,2H2,1H3;3-8H,2H2,1H3. The van der Waals surface area contributed by atoms with Gasteiger partial charge in [0.05, 0.1) is 42.8 Å². The highest BCUT2D eigenvalue weighted by Crippen LogP contribution is 2.36. The number of thiophene rings is 2. The number of halogens is 1. The molecule has 0 unspecified atom stereocenters. The van der Waals surface area contributed by atoms with Crippen LogP contribution in [0.1, 0.15) is 34.8 Å². The first kappa shape index (κ1) is 31.1. The lowest BCUT2D eigenvalue weighted by Gasteiger charge is -2.07. The van der Waals surface area contributed by atoms with Crippen molar-refractivity contribution in [2.75, 3.05) is 13.2 Å². The number of carbonyl (C=O) groups is 2. The number of ether oxygens (including phenoxy) is 2. The van der Waals surface area contributed by atoms with Crippen LogP contribution in [0.15, 0.2) is 80.0 Å². The van der Waals surface area contributed by atoms with Crippen LogP contribution >= 0.6 is 61.3 Å². The molecule has 0 radical (unpaired) electrons. The van der Waals surface area contributed by atoms with Crippen LogP contribution in [-0.2, 0) is 14.3 Å². The van der Waals surface area contributed by atoms with Crippen LogP contribution in [0.2, 0.25) is 0 Å². The Morgan fingerprint density at radius 3 is 2.31 bits per heavy atom. The molecule has 7 rings (SSSR count). The van der Waals surface area contributed by atoms with Crippen LogP contribution in [0, 0.1) is 0 Å². The second-order valence-corrected chi connectivity index (χ2v) is 14.5. The summed E-state index contributed by atoms with van der Waals surface area (Å²) in [6.45, 7) is 3.94. The maximum atomic E-state index is 12.7. The Morgan fingerprint density at radius 2 is 1.60 bits per heavy atom. The Kier molecular flexibility index (Phi) is 9.15. The molecule has 8 nitrogen and oxygen atoms in total. The lowest BCUT2D eigenvalue weighted by atomic mass is 10.1. The Morgan fingerprint density at radius 1 is 0.889 bits per heavy atom. The lowest BCUT2D eigenvalue weighted by molar-refractivity contribution is -0.136. The average molecular weight is 740 g/mol. The van der Waals surface area contributed by atoms with Crippen molar-refractivity contribution in [3.63, 3.8) is 0 Å². The molecule has 0 spiro atoms. The van der Waals surface area contributed by atoms with Crippen LogP contribution in [0.3, 0.4) is 0 Å². The first-order valence-corrected chi connectivity index (χ1v) is 17.8. The van der Waals surface area contributed by atoms with Crippen molar-refractivity contribution in [2.45, 2.75) is 13.8 Å². The SMILES string of the molecule is CCOC(=O)C(=C(O)c1ccsc1Br)c1nc2ccccc2s1.CCOC(=O)c1c(=O)c2ccsc2n2c1sc1ccccc12. The van der Waals surface area contributed by atoms with E-state index in [4.69, 9.17) is 9.47 Å². The highest BCUT2D eigenvalue weighted by atomic mass is 79.9. The smallest absolute Gasteiger partial charge is 0.345 e. The molecule has 5 heterocycles. The molecule has 45 heavy (non-hydrogen) atoms. The van der Waals surface area contributed by atoms with Crippen LogP contribution in [0.25, 0.3) is 46.8 Å². The van der Waals surface area contributed by atoms with Gasteiger partial charge in [0.25, 0.3) is 0 Å². The summed E-state index contributed by atoms with van der Waals surface area (Å²) < 4.78 is 14.9. The third kappa shape index (κ3) is 5.82. The van der Waals surface area contributed by atoms with Crippen LogP contribution < -0.4 is 5.43 Å². The van der Waals surface area contributed by atoms with E-state index in [0.29, 0.717) is 20.8 Å². The van der Waals surface area contributed by atoms with Crippen molar-refractivity contribution in [1.82, 2.24) is 9.38 Å². The number of benzene rings is 2. The fourth-order valence-corrected chi connectivity index (χ4v) is 9.09. The molecule has 0 saturated heterocycles. The maximum absolute atomic E-state index is 12.7. The first-order chi connectivity index (χ1) is 21.8. The Bertz CT molecular complexity index is 2280. The second-order valence-electron chi connectivity index (χ2n) is 9.31. The normalized spacial score (nSPS) is 11.9. The van der Waals surface area contributed by atoms with Crippen molar-refractivity contribution in [1.29, 1.82) is 0 Å². The number of pyridine rings is 1. The van der Waals surface area contributed by atoms with Gasteiger partial charge in [-0.05, 0) is 76.9 Å². The molecule has 1 N–H and O–H groups in total. The van der Waals surface area contributed by atoms with Gasteiger partial charge in [-0.3, -0.25) is 9.20 Å². The van der Waals surface area contributed by atoms with E-state index in [-0.39, 0.29) is 35.5 Å². The highest BCUT2D eigenvalue weighted by molar-refractivity contribution is 9.11. The maximum Gasteiger partial charge on any atom is 0.345 e. The molecule has 228 valence electrons. The van der Waals surface area contributed by atoms with Gasteiger partial charge in [-0.2, -0.15) is 0 Å². The number of aliphatic hydroxyl groups is 1. The van der Waals surface area contributed by atoms with E-state index in [2.05, 4.69) is 20.9 Å². The highest BCUT2D eigenvalue weighted by Gasteiger charge is 2.25. The second kappa shape index (κ2) is 13.2. The summed E-state index contributed by atoms with van der Waals surface area (Å²) in [6, 6.07) is 19.0. The molecule has 0 atom stereocenters. The van der Waals surface area contributed by atoms with E-state index < -0.39 is 11.9 Å². The molecule has 0 fully saturated rings. The Labute approximate surface area is 280 Å². The van der Waals surface area contributed by atoms with Crippen LogP contribution in [0.5, 0.6) is 0 Å². The molecule has 0 amide bonds. The molecule has 13 heteroatoms. The summed E-state index contributed by atoms with van der Waals surface area (Å²) in [5.41, 5.74) is 2.31. The minimum atomic E-state index is -0.581. The average Bonchev–Trinajstić information content (AvgIpc) is 3.83. The van der Waals surface area contributed by atoms with Gasteiger partial charge in [0, 0.05) is 5.56 Å². The van der Waals surface area contributed by atoms with E-state index in [1.807, 2.05) is 63.7 Å². The summed E-state index contributed by atoms with van der Waals surface area (Å²) in [5.74, 6) is -1.26. The molecular formula is C32H23BrN2O6S4. The third-order valence-electron chi connectivity index (χ3n) is 6.63. The number of thiazole rings is 2. The van der Waals surface area contributed by atoms with Gasteiger partial charge < -0.3 is 14.6 Å². The number of esters is 2. The van der Waals surface area contributed by atoms with E-state index in [1.54, 1.807) is 26.0 Å². The quantitative estimate of drug-likeness (QED) is 0.103. The van der Waals surface area contributed by atoms with Crippen LogP contribution in [-0.4, -0.2) is 39.6 Å². The fraction of sp³-hybridized carbons (Fsp3) is 0.125. The van der Waals surface area contributed by atoms with Crippen molar-refractivity contribution in [3.8, 4) is 0 Å². The topological polar surface area (TPSA) is 107 Å². The Balaban J connectivity index is 0.000000159. The number of nitrogens with zero attached hydrogens (tertiary/aromatic N) is 2. The predicted molar refractivity (Wildman–Crippen MR) is 188 cm³/mol. The minimum Gasteiger partial charge on any atom is -0.506 e. The first-order valence-electron chi connectivity index (χ1n) is 13.6. The monoisotopic (exact) mass is 738 g/mol. The van der Waals surface area contributed by atoms with Gasteiger partial charge in [-0.15, -0.1) is 45.3 Å². The van der Waals surface area contributed by atoms with Gasteiger partial charge >= 0.3 is 11.9 Å². The van der Waals surface area contributed by atoms with E-state index >= 15 is 0 Å². The van der Waals surface area contributed by atoms with Gasteiger partial charge in [0.15, 0.2) is 0 Å². The number of fused-ring (bicyclic) bond motifs is 6. The van der Waals surface area contributed by atoms with E-state index in [0.717, 1.165) is 29.1 Å². The van der Waals surface area contributed by atoms with Crippen molar-refractivity contribution < 1.29 is 24.2 Å². The van der Waals surface area contributed by atoms with Crippen LogP contribution in [0.4, 0.5) is 0 Å². The molecule has 0 aliphatic rings. The summed E-state index contributed by atoms with van der Waals surface area (Å²) in [6.07, 6.45) is 0. The van der Waals surface area contributed by atoms with Crippen molar-refractivity contribution in [3.05, 3.63) is 102 Å². The zero-order chi connectivity index (χ0) is 31.7. The third-order valence-corrected chi connectivity index (χ3v) is 11.4. The summed E-state index contributed by atoms with van der Waals surface area (Å²) >= 11 is 9.11. The number of carbonyl (C=O) groups excluding carboxylic acids is 2. The molecular weight excluding hydrogens is 717 g/mol.